The van der Waals surface area contributed by atoms with Gasteiger partial charge in [-0.15, -0.1) is 0 Å². The van der Waals surface area contributed by atoms with Gasteiger partial charge in [0.25, 0.3) is 5.91 Å². The minimum Gasteiger partial charge on any atom is -0.488 e. The first-order valence-corrected chi connectivity index (χ1v) is 10.2. The van der Waals surface area contributed by atoms with Gasteiger partial charge in [0.1, 0.15) is 29.5 Å². The maximum Gasteiger partial charge on any atom is 0.339 e. The van der Waals surface area contributed by atoms with Gasteiger partial charge in [0.05, 0.1) is 12.7 Å². The quantitative estimate of drug-likeness (QED) is 0.581. The maximum absolute atomic E-state index is 12.9. The number of hydrogen-bond acceptors (Lipinski definition) is 6. The lowest BCUT2D eigenvalue weighted by atomic mass is 9.99. The van der Waals surface area contributed by atoms with Crippen molar-refractivity contribution in [1.82, 2.24) is 4.98 Å². The van der Waals surface area contributed by atoms with Crippen LogP contribution in [0.4, 0.5) is 5.82 Å². The van der Waals surface area contributed by atoms with E-state index < -0.39 is 5.97 Å². The molecule has 0 unspecified atom stereocenters. The number of pyridine rings is 1. The highest BCUT2D eigenvalue weighted by atomic mass is 16.5. The number of aromatic nitrogens is 1. The van der Waals surface area contributed by atoms with E-state index in [0.717, 1.165) is 11.1 Å². The summed E-state index contributed by atoms with van der Waals surface area (Å²) < 4.78 is 16.8. The van der Waals surface area contributed by atoms with Crippen molar-refractivity contribution in [3.05, 3.63) is 83.0 Å². The predicted molar refractivity (Wildman–Crippen MR) is 119 cm³/mol. The number of esters is 1. The summed E-state index contributed by atoms with van der Waals surface area (Å²) in [7, 11) is 1.30. The maximum atomic E-state index is 12.9. The van der Waals surface area contributed by atoms with Crippen molar-refractivity contribution in [2.45, 2.75) is 32.5 Å². The molecule has 7 nitrogen and oxygen atoms in total. The topological polar surface area (TPSA) is 86.8 Å². The number of nitrogens with one attached hydrogen (secondary N) is 1. The fourth-order valence-electron chi connectivity index (χ4n) is 3.53. The number of anilines is 1. The van der Waals surface area contributed by atoms with Crippen molar-refractivity contribution in [3.8, 4) is 11.5 Å². The fraction of sp³-hybridized carbons (Fsp3) is 0.240. The average Bonchev–Trinajstić information content (AvgIpc) is 3.12. The van der Waals surface area contributed by atoms with Crippen LogP contribution < -0.4 is 14.8 Å². The molecule has 0 saturated carbocycles. The second kappa shape index (κ2) is 8.70. The predicted octanol–water partition coefficient (Wildman–Crippen LogP) is 4.41. The molecular formula is C25H24N2O5. The molecule has 0 atom stereocenters. The average molecular weight is 432 g/mol. The Kier molecular flexibility index (Phi) is 5.81. The van der Waals surface area contributed by atoms with Gasteiger partial charge in [-0.2, -0.15) is 0 Å². The number of benzene rings is 2. The number of hydrogen-bond donors (Lipinski definition) is 1. The van der Waals surface area contributed by atoms with Crippen molar-refractivity contribution in [2.75, 3.05) is 12.4 Å². The van der Waals surface area contributed by atoms with Crippen molar-refractivity contribution in [1.29, 1.82) is 0 Å². The highest BCUT2D eigenvalue weighted by molar-refractivity contribution is 6.04. The van der Waals surface area contributed by atoms with E-state index in [1.165, 1.54) is 19.4 Å². The molecule has 4 rings (SSSR count). The molecule has 1 aromatic heterocycles. The van der Waals surface area contributed by atoms with Crippen LogP contribution in [0.3, 0.4) is 0 Å². The third-order valence-corrected chi connectivity index (χ3v) is 5.08. The number of fused-ring (bicyclic) bond motifs is 1. The standard InChI is InChI=1S/C25H24N2O5/c1-25(2)13-19-20(31-15-16-7-5-4-6-8-16)11-18(12-21(19)32-25)23(28)27-22-10-9-17(14-26-22)24(29)30-3/h4-12,14H,13,15H2,1-3H3,(H,26,27,28). The van der Waals surface area contributed by atoms with E-state index >= 15 is 0 Å². The Morgan fingerprint density at radius 2 is 1.88 bits per heavy atom. The monoisotopic (exact) mass is 432 g/mol. The van der Waals surface area contributed by atoms with Gasteiger partial charge < -0.3 is 19.5 Å². The van der Waals surface area contributed by atoms with Gasteiger partial charge in [0.15, 0.2) is 0 Å². The van der Waals surface area contributed by atoms with E-state index in [2.05, 4.69) is 15.0 Å². The first-order chi connectivity index (χ1) is 15.3. The lowest BCUT2D eigenvalue weighted by Crippen LogP contribution is -2.24. The summed E-state index contributed by atoms with van der Waals surface area (Å²) >= 11 is 0. The number of rotatable bonds is 6. The van der Waals surface area contributed by atoms with Gasteiger partial charge in [-0.3, -0.25) is 4.79 Å². The lowest BCUT2D eigenvalue weighted by molar-refractivity contribution is 0.0600. The molecule has 0 radical (unpaired) electrons. The lowest BCUT2D eigenvalue weighted by Gasteiger charge is -2.16. The number of methoxy groups -OCH3 is 1. The van der Waals surface area contributed by atoms with E-state index in [-0.39, 0.29) is 11.5 Å². The molecule has 164 valence electrons. The van der Waals surface area contributed by atoms with Gasteiger partial charge in [0.2, 0.25) is 0 Å². The van der Waals surface area contributed by atoms with Crippen molar-refractivity contribution >= 4 is 17.7 Å². The minimum atomic E-state index is -0.492. The molecule has 1 amide bonds. The highest BCUT2D eigenvalue weighted by Crippen LogP contribution is 2.41. The van der Waals surface area contributed by atoms with Crippen LogP contribution >= 0.6 is 0 Å². The van der Waals surface area contributed by atoms with Crippen LogP contribution in [0.2, 0.25) is 0 Å². The first kappa shape index (κ1) is 21.4. The molecule has 1 aliphatic rings. The SMILES string of the molecule is COC(=O)c1ccc(NC(=O)c2cc(OCc3ccccc3)c3c(c2)OC(C)(C)C3)nc1. The normalized spacial score (nSPS) is 13.6. The molecule has 3 aromatic rings. The molecule has 1 N–H and O–H groups in total. The van der Waals surface area contributed by atoms with Gasteiger partial charge in [0, 0.05) is 23.7 Å². The summed E-state index contributed by atoms with van der Waals surface area (Å²) in [5.41, 5.74) is 2.29. The molecule has 0 fully saturated rings. The summed E-state index contributed by atoms with van der Waals surface area (Å²) in [6, 6.07) is 16.4. The summed E-state index contributed by atoms with van der Waals surface area (Å²) in [6.45, 7) is 4.39. The number of amides is 1. The van der Waals surface area contributed by atoms with Crippen LogP contribution in [0.5, 0.6) is 11.5 Å². The third kappa shape index (κ3) is 4.72. The van der Waals surface area contributed by atoms with Crippen LogP contribution in [0.1, 0.15) is 45.7 Å². The molecule has 2 aromatic carbocycles. The van der Waals surface area contributed by atoms with E-state index in [9.17, 15) is 9.59 Å². The molecule has 7 heteroatoms. The van der Waals surface area contributed by atoms with E-state index in [4.69, 9.17) is 9.47 Å². The number of carbonyl (C=O) groups excluding carboxylic acids is 2. The molecule has 0 aliphatic carbocycles. The molecule has 0 bridgehead atoms. The van der Waals surface area contributed by atoms with Gasteiger partial charge >= 0.3 is 5.97 Å². The van der Waals surface area contributed by atoms with Crippen LogP contribution in [-0.2, 0) is 17.8 Å². The zero-order valence-electron chi connectivity index (χ0n) is 18.2. The van der Waals surface area contributed by atoms with E-state index in [0.29, 0.717) is 41.5 Å². The van der Waals surface area contributed by atoms with Crippen molar-refractivity contribution in [3.63, 3.8) is 0 Å². The number of carbonyl (C=O) groups is 2. The van der Waals surface area contributed by atoms with Gasteiger partial charge in [-0.1, -0.05) is 30.3 Å². The third-order valence-electron chi connectivity index (χ3n) is 5.08. The summed E-state index contributed by atoms with van der Waals surface area (Å²) in [6.07, 6.45) is 2.04. The molecular weight excluding hydrogens is 408 g/mol. The van der Waals surface area contributed by atoms with Gasteiger partial charge in [-0.05, 0) is 43.7 Å². The van der Waals surface area contributed by atoms with E-state index in [1.807, 2.05) is 44.2 Å². The fourth-order valence-corrected chi connectivity index (χ4v) is 3.53. The van der Waals surface area contributed by atoms with Crippen LogP contribution in [0.25, 0.3) is 0 Å². The van der Waals surface area contributed by atoms with Crippen LogP contribution in [0.15, 0.2) is 60.8 Å². The number of ether oxygens (including phenoxy) is 3. The molecule has 1 aliphatic heterocycles. The molecule has 2 heterocycles. The number of nitrogens with zero attached hydrogens (tertiary/aromatic N) is 1. The van der Waals surface area contributed by atoms with Gasteiger partial charge in [-0.25, -0.2) is 9.78 Å². The smallest absolute Gasteiger partial charge is 0.339 e. The summed E-state index contributed by atoms with van der Waals surface area (Å²) in [4.78, 5) is 28.6. The second-order valence-corrected chi connectivity index (χ2v) is 8.14. The Bertz CT molecular complexity index is 1140. The molecule has 0 saturated heterocycles. The Balaban J connectivity index is 1.57. The largest absolute Gasteiger partial charge is 0.488 e. The van der Waals surface area contributed by atoms with Crippen LogP contribution in [-0.4, -0.2) is 29.6 Å². The minimum absolute atomic E-state index is 0.301. The summed E-state index contributed by atoms with van der Waals surface area (Å²) in [5, 5.41) is 2.74. The van der Waals surface area contributed by atoms with Crippen LogP contribution in [0, 0.1) is 0 Å². The molecule has 0 spiro atoms. The van der Waals surface area contributed by atoms with Crippen molar-refractivity contribution in [2.24, 2.45) is 0 Å². The Morgan fingerprint density at radius 1 is 1.09 bits per heavy atom. The van der Waals surface area contributed by atoms with Crippen molar-refractivity contribution < 1.29 is 23.8 Å². The highest BCUT2D eigenvalue weighted by Gasteiger charge is 2.33. The second-order valence-electron chi connectivity index (χ2n) is 8.14. The zero-order chi connectivity index (χ0) is 22.7. The van der Waals surface area contributed by atoms with E-state index in [1.54, 1.807) is 18.2 Å². The summed E-state index contributed by atoms with van der Waals surface area (Å²) in [5.74, 6) is 0.727. The molecule has 32 heavy (non-hydrogen) atoms. The zero-order valence-corrected chi connectivity index (χ0v) is 18.2. The Labute approximate surface area is 186 Å². The Morgan fingerprint density at radius 3 is 2.56 bits per heavy atom. The Hall–Kier alpha value is -3.87. The first-order valence-electron chi connectivity index (χ1n) is 10.2.